The number of H-pyrrole nitrogens is 1. The van der Waals surface area contributed by atoms with Crippen molar-refractivity contribution in [3.8, 4) is 0 Å². The fourth-order valence-electron chi connectivity index (χ4n) is 3.15. The summed E-state index contributed by atoms with van der Waals surface area (Å²) in [5, 5.41) is 11.0. The average molecular weight is 355 g/mol. The van der Waals surface area contributed by atoms with Crippen LogP contribution in [-0.4, -0.2) is 47.7 Å². The number of carboxylic acid groups (broad SMARTS) is 1. The van der Waals surface area contributed by atoms with E-state index in [9.17, 15) is 27.9 Å². The van der Waals surface area contributed by atoms with Gasteiger partial charge in [0.2, 0.25) is 5.91 Å². The second-order valence-electron chi connectivity index (χ2n) is 5.71. The molecule has 1 atom stereocenters. The minimum atomic E-state index is -4.68. The number of fused-ring (bicyclic) bond motifs is 3. The Kier molecular flexibility index (Phi) is 4.42. The number of alkyl halides is 3. The summed E-state index contributed by atoms with van der Waals surface area (Å²) in [6.07, 6.45) is -4.42. The fourth-order valence-corrected chi connectivity index (χ4v) is 3.15. The smallest absolute Gasteiger partial charge is 0.414 e. The predicted molar refractivity (Wildman–Crippen MR) is 78.3 cm³/mol. The molecular formula is C16H14F3N2O4-. The molecule has 3 rings (SSSR count). The summed E-state index contributed by atoms with van der Waals surface area (Å²) in [5.74, 6) is -2.47. The molecule has 0 aliphatic carbocycles. The van der Waals surface area contributed by atoms with Crippen molar-refractivity contribution in [1.29, 1.82) is 0 Å². The minimum absolute atomic E-state index is 0.0619. The van der Waals surface area contributed by atoms with Crippen molar-refractivity contribution in [3.05, 3.63) is 35.5 Å². The Balaban J connectivity index is 1.93. The molecule has 0 unspecified atom stereocenters. The Morgan fingerprint density at radius 2 is 2.00 bits per heavy atom. The van der Waals surface area contributed by atoms with Crippen LogP contribution in [0.3, 0.4) is 0 Å². The topological polar surface area (TPSA) is 85.5 Å². The van der Waals surface area contributed by atoms with Gasteiger partial charge in [0, 0.05) is 17.4 Å². The lowest BCUT2D eigenvalue weighted by Crippen LogP contribution is -2.48. The predicted octanol–water partition coefficient (Wildman–Crippen LogP) is 0.923. The molecule has 0 radical (unpaired) electrons. The molecule has 2 aromatic rings. The molecular weight excluding hydrogens is 341 g/mol. The summed E-state index contributed by atoms with van der Waals surface area (Å²) >= 11 is 0. The van der Waals surface area contributed by atoms with Crippen LogP contribution in [0.4, 0.5) is 13.2 Å². The lowest BCUT2D eigenvalue weighted by molar-refractivity contribution is -0.309. The summed E-state index contributed by atoms with van der Waals surface area (Å²) in [7, 11) is 0. The largest absolute Gasteiger partial charge is 0.548 e. The Hall–Kier alpha value is -2.55. The van der Waals surface area contributed by atoms with E-state index in [4.69, 9.17) is 0 Å². The maximum absolute atomic E-state index is 13.7. The maximum Gasteiger partial charge on any atom is 0.414 e. The maximum atomic E-state index is 13.7. The number of hydrogen-bond donors (Lipinski definition) is 1. The van der Waals surface area contributed by atoms with E-state index in [1.165, 1.54) is 0 Å². The number of aromatic nitrogens is 1. The van der Waals surface area contributed by atoms with E-state index in [1.807, 2.05) is 0 Å². The van der Waals surface area contributed by atoms with E-state index >= 15 is 0 Å². The molecule has 2 heterocycles. The molecule has 25 heavy (non-hydrogen) atoms. The standard InChI is InChI=1S/C16H15F3N2O4/c17-16(18,19)15-14-10(9-3-1-2-4-11(9)20-14)5-6-21(15)12(22)7-25-8-13(23)24/h1-4,15,20H,5-8H2,(H,23,24)/p-1/t15-/m0/s1. The number of aromatic amines is 1. The number of amides is 1. The number of benzene rings is 1. The number of carboxylic acids is 1. The quantitative estimate of drug-likeness (QED) is 0.884. The molecule has 1 aliphatic heterocycles. The summed E-state index contributed by atoms with van der Waals surface area (Å²) < 4.78 is 45.5. The first-order valence-corrected chi connectivity index (χ1v) is 7.52. The molecule has 134 valence electrons. The van der Waals surface area contributed by atoms with Crippen LogP contribution in [-0.2, 0) is 20.7 Å². The number of rotatable bonds is 4. The highest BCUT2D eigenvalue weighted by atomic mass is 19.4. The van der Waals surface area contributed by atoms with Crippen molar-refractivity contribution < 1.29 is 32.6 Å². The molecule has 1 aliphatic rings. The number of halogens is 3. The normalized spacial score (nSPS) is 17.6. The first kappa shape index (κ1) is 17.3. The molecule has 0 saturated carbocycles. The lowest BCUT2D eigenvalue weighted by Gasteiger charge is -2.36. The first-order chi connectivity index (χ1) is 11.8. The van der Waals surface area contributed by atoms with Gasteiger partial charge in [-0.05, 0) is 18.1 Å². The molecule has 1 amide bonds. The van der Waals surface area contributed by atoms with Crippen molar-refractivity contribution in [2.45, 2.75) is 18.6 Å². The van der Waals surface area contributed by atoms with Crippen molar-refractivity contribution in [3.63, 3.8) is 0 Å². The van der Waals surface area contributed by atoms with Gasteiger partial charge < -0.3 is 24.5 Å². The minimum Gasteiger partial charge on any atom is -0.548 e. The van der Waals surface area contributed by atoms with Crippen LogP contribution in [0.1, 0.15) is 17.3 Å². The highest BCUT2D eigenvalue weighted by Gasteiger charge is 2.50. The van der Waals surface area contributed by atoms with Gasteiger partial charge in [0.05, 0.1) is 18.3 Å². The number of ether oxygens (including phenoxy) is 1. The fraction of sp³-hybridized carbons (Fsp3) is 0.375. The van der Waals surface area contributed by atoms with E-state index in [1.54, 1.807) is 24.3 Å². The van der Waals surface area contributed by atoms with Gasteiger partial charge in [-0.25, -0.2) is 0 Å². The summed E-state index contributed by atoms with van der Waals surface area (Å²) in [6, 6.07) is 4.74. The molecule has 1 aromatic heterocycles. The number of nitrogens with zero attached hydrogens (tertiary/aromatic N) is 1. The van der Waals surface area contributed by atoms with Gasteiger partial charge in [-0.15, -0.1) is 0 Å². The van der Waals surface area contributed by atoms with Crippen molar-refractivity contribution in [1.82, 2.24) is 9.88 Å². The number of aliphatic carboxylic acids is 1. The van der Waals surface area contributed by atoms with Crippen LogP contribution >= 0.6 is 0 Å². The summed E-state index contributed by atoms with van der Waals surface area (Å²) in [5.41, 5.74) is 1.05. The van der Waals surface area contributed by atoms with Crippen molar-refractivity contribution in [2.75, 3.05) is 19.8 Å². The number of para-hydroxylation sites is 1. The highest BCUT2D eigenvalue weighted by Crippen LogP contribution is 2.43. The van der Waals surface area contributed by atoms with Crippen LogP contribution in [0.2, 0.25) is 0 Å². The zero-order valence-electron chi connectivity index (χ0n) is 12.9. The Labute approximate surface area is 140 Å². The van der Waals surface area contributed by atoms with Gasteiger partial charge in [-0.3, -0.25) is 4.79 Å². The zero-order chi connectivity index (χ0) is 18.2. The molecule has 9 heteroatoms. The van der Waals surface area contributed by atoms with E-state index in [-0.39, 0.29) is 18.7 Å². The van der Waals surface area contributed by atoms with E-state index in [0.29, 0.717) is 21.4 Å². The molecule has 6 nitrogen and oxygen atoms in total. The molecule has 0 saturated heterocycles. The van der Waals surface area contributed by atoms with Crippen LogP contribution in [0.15, 0.2) is 24.3 Å². The van der Waals surface area contributed by atoms with Gasteiger partial charge in [0.15, 0.2) is 6.04 Å². The van der Waals surface area contributed by atoms with E-state index in [2.05, 4.69) is 9.72 Å². The van der Waals surface area contributed by atoms with Crippen LogP contribution in [0, 0.1) is 0 Å². The highest BCUT2D eigenvalue weighted by molar-refractivity contribution is 5.86. The second-order valence-corrected chi connectivity index (χ2v) is 5.71. The molecule has 1 N–H and O–H groups in total. The third-order valence-electron chi connectivity index (χ3n) is 4.11. The van der Waals surface area contributed by atoms with Crippen LogP contribution < -0.4 is 5.11 Å². The monoisotopic (exact) mass is 355 g/mol. The number of nitrogens with one attached hydrogen (secondary N) is 1. The summed E-state index contributed by atoms with van der Waals surface area (Å²) in [4.78, 5) is 25.9. The SMILES string of the molecule is O=C([O-])COCC(=O)N1CCc2c([nH]c3ccccc23)[C@H]1C(F)(F)F. The van der Waals surface area contributed by atoms with E-state index in [0.717, 1.165) is 0 Å². The van der Waals surface area contributed by atoms with Crippen LogP contribution in [0.25, 0.3) is 10.9 Å². The molecule has 0 spiro atoms. The summed E-state index contributed by atoms with van der Waals surface area (Å²) in [6.45, 7) is -1.74. The van der Waals surface area contributed by atoms with Gasteiger partial charge >= 0.3 is 6.18 Å². The van der Waals surface area contributed by atoms with Crippen LogP contribution in [0.5, 0.6) is 0 Å². The van der Waals surface area contributed by atoms with Gasteiger partial charge in [0.1, 0.15) is 6.61 Å². The molecule has 0 fully saturated rings. The van der Waals surface area contributed by atoms with Gasteiger partial charge in [0.25, 0.3) is 0 Å². The number of hydrogen-bond acceptors (Lipinski definition) is 4. The van der Waals surface area contributed by atoms with E-state index < -0.39 is 37.3 Å². The Morgan fingerprint density at radius 3 is 2.68 bits per heavy atom. The second kappa shape index (κ2) is 6.40. The van der Waals surface area contributed by atoms with Crippen molar-refractivity contribution >= 4 is 22.8 Å². The Morgan fingerprint density at radius 1 is 1.28 bits per heavy atom. The first-order valence-electron chi connectivity index (χ1n) is 7.52. The van der Waals surface area contributed by atoms with Gasteiger partial charge in [-0.2, -0.15) is 13.2 Å². The molecule has 1 aromatic carbocycles. The van der Waals surface area contributed by atoms with Gasteiger partial charge in [-0.1, -0.05) is 18.2 Å². The Bertz CT molecular complexity index is 815. The zero-order valence-corrected chi connectivity index (χ0v) is 12.9. The molecule has 0 bridgehead atoms. The number of carbonyl (C=O) groups is 2. The number of carbonyl (C=O) groups excluding carboxylic acids is 2. The average Bonchev–Trinajstić information content (AvgIpc) is 2.90. The van der Waals surface area contributed by atoms with Crippen molar-refractivity contribution in [2.24, 2.45) is 0 Å². The third kappa shape index (κ3) is 3.32. The third-order valence-corrected chi connectivity index (χ3v) is 4.11. The lowest BCUT2D eigenvalue weighted by atomic mass is 9.97.